The maximum absolute atomic E-state index is 4.52. The Morgan fingerprint density at radius 3 is 1.18 bits per heavy atom. The molecule has 4 nitrogen and oxygen atoms in total. The van der Waals surface area contributed by atoms with Crippen molar-refractivity contribution in [1.29, 1.82) is 0 Å². The predicted octanol–water partition coefficient (Wildman–Crippen LogP) is 8.46. The second-order valence-electron chi connectivity index (χ2n) is 9.89. The van der Waals surface area contributed by atoms with Gasteiger partial charge in [0.05, 0.1) is 33.1 Å². The first-order valence-electron chi connectivity index (χ1n) is 12.8. The Labute approximate surface area is 216 Å². The van der Waals surface area contributed by atoms with Crippen molar-refractivity contribution in [2.45, 2.75) is 0 Å². The van der Waals surface area contributed by atoms with Crippen LogP contribution < -0.4 is 0 Å². The summed E-state index contributed by atoms with van der Waals surface area (Å²) in [6.07, 6.45) is 7.78. The molecule has 0 N–H and O–H groups in total. The maximum atomic E-state index is 4.52. The summed E-state index contributed by atoms with van der Waals surface area (Å²) in [6, 6.07) is 35.1. The number of benzene rings is 4. The van der Waals surface area contributed by atoms with Gasteiger partial charge in [-0.1, -0.05) is 72.8 Å². The Bertz CT molecular complexity index is 2290. The average Bonchev–Trinajstić information content (AvgIpc) is 3.50. The van der Waals surface area contributed by atoms with Gasteiger partial charge >= 0.3 is 0 Å². The van der Waals surface area contributed by atoms with Crippen LogP contribution in [-0.4, -0.2) is 18.8 Å². The van der Waals surface area contributed by atoms with E-state index in [1.807, 2.05) is 24.8 Å². The van der Waals surface area contributed by atoms with Gasteiger partial charge in [0.1, 0.15) is 0 Å². The van der Waals surface area contributed by atoms with Crippen LogP contribution in [0.2, 0.25) is 0 Å². The summed E-state index contributed by atoms with van der Waals surface area (Å²) >= 11 is 0. The molecule has 0 spiro atoms. The van der Waals surface area contributed by atoms with Gasteiger partial charge < -0.3 is 8.80 Å². The Morgan fingerprint density at radius 2 is 0.711 bits per heavy atom. The van der Waals surface area contributed by atoms with Crippen LogP contribution >= 0.6 is 0 Å². The summed E-state index contributed by atoms with van der Waals surface area (Å²) in [6.45, 7) is 0. The Balaban J connectivity index is 1.82. The van der Waals surface area contributed by atoms with Gasteiger partial charge in [-0.25, -0.2) is 0 Å². The highest BCUT2D eigenvalue weighted by molar-refractivity contribution is 6.25. The molecule has 0 aliphatic heterocycles. The highest BCUT2D eigenvalue weighted by Gasteiger charge is 2.17. The number of hydrogen-bond donors (Lipinski definition) is 0. The van der Waals surface area contributed by atoms with E-state index < -0.39 is 0 Å². The van der Waals surface area contributed by atoms with Gasteiger partial charge in [-0.2, -0.15) is 0 Å². The minimum atomic E-state index is 1.16. The Hall–Kier alpha value is -5.22. The fourth-order valence-corrected chi connectivity index (χ4v) is 6.55. The normalized spacial score (nSPS) is 12.2. The quantitative estimate of drug-likeness (QED) is 0.216. The van der Waals surface area contributed by atoms with E-state index in [1.54, 1.807) is 0 Å². The van der Waals surface area contributed by atoms with Crippen LogP contribution in [0.3, 0.4) is 0 Å². The molecule has 4 aromatic carbocycles. The van der Waals surface area contributed by atoms with Crippen LogP contribution in [0.1, 0.15) is 0 Å². The highest BCUT2D eigenvalue weighted by atomic mass is 14.9. The summed E-state index contributed by atoms with van der Waals surface area (Å²) in [4.78, 5) is 9.03. The standard InChI is InChI=1S/C34H20N4/c1-3-13-29-21(7-1)22-8-2-4-14-30(22)38-32-16-18-36-20-28(32)26-12-6-10-24(34(26)38)23-9-5-11-25-27-19-35-17-15-31(27)37(29)33(23)25/h1-20H. The summed E-state index contributed by atoms with van der Waals surface area (Å²) in [7, 11) is 0. The van der Waals surface area contributed by atoms with Crippen molar-refractivity contribution in [3.8, 4) is 0 Å². The minimum Gasteiger partial charge on any atom is -0.308 e. The zero-order valence-electron chi connectivity index (χ0n) is 20.3. The van der Waals surface area contributed by atoms with Crippen molar-refractivity contribution >= 4 is 76.2 Å². The lowest BCUT2D eigenvalue weighted by Gasteiger charge is -2.10. The summed E-state index contributed by atoms with van der Waals surface area (Å²) in [5.74, 6) is 0. The van der Waals surface area contributed by atoms with Crippen LogP contribution in [0, 0.1) is 0 Å². The number of nitrogens with zero attached hydrogens (tertiary/aromatic N) is 4. The van der Waals surface area contributed by atoms with Gasteiger partial charge in [-0.3, -0.25) is 9.97 Å². The van der Waals surface area contributed by atoms with Crippen LogP contribution in [0.5, 0.6) is 0 Å². The Kier molecular flexibility index (Phi) is 3.76. The van der Waals surface area contributed by atoms with E-state index in [1.165, 1.54) is 43.4 Å². The van der Waals surface area contributed by atoms with Crippen molar-refractivity contribution in [3.05, 3.63) is 122 Å². The molecule has 5 heterocycles. The molecule has 0 bridgehead atoms. The van der Waals surface area contributed by atoms with E-state index in [2.05, 4.69) is 116 Å². The minimum absolute atomic E-state index is 1.16. The lowest BCUT2D eigenvalue weighted by Crippen LogP contribution is -1.91. The van der Waals surface area contributed by atoms with Gasteiger partial charge in [-0.15, -0.1) is 0 Å². The van der Waals surface area contributed by atoms with Crippen LogP contribution in [0.15, 0.2) is 122 Å². The topological polar surface area (TPSA) is 34.6 Å². The number of rotatable bonds is 0. The third-order valence-electron chi connectivity index (χ3n) is 8.05. The third kappa shape index (κ3) is 2.39. The third-order valence-corrected chi connectivity index (χ3v) is 8.05. The van der Waals surface area contributed by atoms with E-state index in [0.717, 1.165) is 32.8 Å². The van der Waals surface area contributed by atoms with E-state index in [4.69, 9.17) is 0 Å². The lowest BCUT2D eigenvalue weighted by molar-refractivity contribution is 1.31. The van der Waals surface area contributed by atoms with E-state index in [0.29, 0.717) is 0 Å². The second-order valence-corrected chi connectivity index (χ2v) is 9.89. The molecule has 0 atom stereocenters. The SMILES string of the molecule is c1ccc2c(c1)c1ccccc1n1c3ccncc3c3cccc(c4cccc5c6cnccc6n2c54)c31. The van der Waals surface area contributed by atoms with Crippen molar-refractivity contribution < 1.29 is 0 Å². The van der Waals surface area contributed by atoms with E-state index >= 15 is 0 Å². The number of pyridine rings is 2. The molecule has 5 aromatic heterocycles. The van der Waals surface area contributed by atoms with Gasteiger partial charge in [0.25, 0.3) is 0 Å². The number of aromatic nitrogens is 4. The molecule has 0 fully saturated rings. The average molecular weight is 485 g/mol. The first kappa shape index (κ1) is 19.9. The van der Waals surface area contributed by atoms with Gasteiger partial charge in [0.2, 0.25) is 0 Å². The second kappa shape index (κ2) is 7.17. The molecule has 0 saturated heterocycles. The monoisotopic (exact) mass is 484 g/mol. The molecule has 0 unspecified atom stereocenters. The van der Waals surface area contributed by atoms with Crippen molar-refractivity contribution in [2.24, 2.45) is 0 Å². The van der Waals surface area contributed by atoms with Gasteiger partial charge in [-0.05, 0) is 24.3 Å². The van der Waals surface area contributed by atoms with Crippen LogP contribution in [-0.2, 0) is 0 Å². The highest BCUT2D eigenvalue weighted by Crippen LogP contribution is 2.39. The molecule has 9 aromatic rings. The summed E-state index contributed by atoms with van der Waals surface area (Å²) < 4.78 is 4.87. The number of fused-ring (bicyclic) bond motifs is 12. The molecule has 0 amide bonds. The zero-order valence-corrected chi connectivity index (χ0v) is 20.3. The predicted molar refractivity (Wildman–Crippen MR) is 158 cm³/mol. The van der Waals surface area contributed by atoms with Crippen LogP contribution in [0.4, 0.5) is 0 Å². The van der Waals surface area contributed by atoms with Gasteiger partial charge in [0, 0.05) is 67.9 Å². The van der Waals surface area contributed by atoms with Crippen molar-refractivity contribution in [1.82, 2.24) is 18.8 Å². The van der Waals surface area contributed by atoms with E-state index in [-0.39, 0.29) is 0 Å². The van der Waals surface area contributed by atoms with Crippen LogP contribution in [0.25, 0.3) is 76.2 Å². The van der Waals surface area contributed by atoms with E-state index in [9.17, 15) is 0 Å². The summed E-state index contributed by atoms with van der Waals surface area (Å²) in [5, 5.41) is 9.51. The first-order valence-corrected chi connectivity index (χ1v) is 12.8. The maximum Gasteiger partial charge on any atom is 0.0621 e. The zero-order chi connectivity index (χ0) is 24.8. The molecule has 0 aliphatic carbocycles. The Morgan fingerprint density at radius 1 is 0.342 bits per heavy atom. The molecule has 9 rings (SSSR count). The first-order chi connectivity index (χ1) is 18.9. The number of para-hydroxylation sites is 4. The fraction of sp³-hybridized carbons (Fsp3) is 0. The molecule has 4 heteroatoms. The molecule has 38 heavy (non-hydrogen) atoms. The molecule has 176 valence electrons. The van der Waals surface area contributed by atoms with Crippen molar-refractivity contribution in [3.63, 3.8) is 0 Å². The summed E-state index contributed by atoms with van der Waals surface area (Å²) in [5.41, 5.74) is 7.03. The molecule has 0 aliphatic rings. The van der Waals surface area contributed by atoms with Gasteiger partial charge in [0.15, 0.2) is 0 Å². The largest absolute Gasteiger partial charge is 0.308 e. The molecule has 0 saturated carbocycles. The smallest absolute Gasteiger partial charge is 0.0621 e. The molecular formula is C34H20N4. The number of hydrogen-bond acceptors (Lipinski definition) is 2. The molecule has 0 radical (unpaired) electrons. The lowest BCUT2D eigenvalue weighted by atomic mass is 10.0. The fourth-order valence-electron chi connectivity index (χ4n) is 6.55. The van der Waals surface area contributed by atoms with Crippen molar-refractivity contribution in [2.75, 3.05) is 0 Å². The molecular weight excluding hydrogens is 464 g/mol.